The van der Waals surface area contributed by atoms with E-state index < -0.39 is 0 Å². The fourth-order valence-corrected chi connectivity index (χ4v) is 6.91. The number of benzene rings is 2. The zero-order chi connectivity index (χ0) is 14.3. The van der Waals surface area contributed by atoms with Gasteiger partial charge in [0.25, 0.3) is 0 Å². The first kappa shape index (κ1) is 13.5. The van der Waals surface area contributed by atoms with E-state index in [1.807, 2.05) is 35.7 Å². The maximum absolute atomic E-state index is 12.2. The summed E-state index contributed by atoms with van der Waals surface area (Å²) in [6, 6.07) is 21.0. The molecule has 0 amide bonds. The number of ketones is 1. The second-order valence-electron chi connectivity index (χ2n) is 5.64. The number of fused-ring (bicyclic) bond motifs is 1. The molecule has 2 aromatic rings. The quantitative estimate of drug-likeness (QED) is 0.749. The van der Waals surface area contributed by atoms with Gasteiger partial charge in [0.15, 0.2) is 0 Å². The van der Waals surface area contributed by atoms with Gasteiger partial charge in [-0.2, -0.15) is 0 Å². The van der Waals surface area contributed by atoms with Gasteiger partial charge in [-0.05, 0) is 36.6 Å². The van der Waals surface area contributed by atoms with Crippen molar-refractivity contribution in [3.63, 3.8) is 0 Å². The summed E-state index contributed by atoms with van der Waals surface area (Å²) in [6.07, 6.45) is 1.84. The summed E-state index contributed by atoms with van der Waals surface area (Å²) in [5.41, 5.74) is 0. The van der Waals surface area contributed by atoms with E-state index in [0.717, 1.165) is 12.8 Å². The van der Waals surface area contributed by atoms with Crippen molar-refractivity contribution in [3.05, 3.63) is 60.7 Å². The minimum atomic E-state index is 0.0258. The molecule has 21 heavy (non-hydrogen) atoms. The summed E-state index contributed by atoms with van der Waals surface area (Å²) < 4.78 is 0.0258. The molecular weight excluding hydrogens is 296 g/mol. The lowest BCUT2D eigenvalue weighted by atomic mass is 10.2. The van der Waals surface area contributed by atoms with E-state index in [1.54, 1.807) is 0 Å². The van der Waals surface area contributed by atoms with Crippen molar-refractivity contribution in [2.75, 3.05) is 0 Å². The minimum absolute atomic E-state index is 0.0258. The Morgan fingerprint density at radius 1 is 0.857 bits per heavy atom. The molecule has 2 aliphatic rings. The van der Waals surface area contributed by atoms with Gasteiger partial charge in [-0.1, -0.05) is 36.4 Å². The molecule has 2 aromatic carbocycles. The van der Waals surface area contributed by atoms with E-state index >= 15 is 0 Å². The maximum Gasteiger partial charge on any atom is 0.138 e. The van der Waals surface area contributed by atoms with Crippen LogP contribution in [-0.4, -0.2) is 9.86 Å². The lowest BCUT2D eigenvalue weighted by Crippen LogP contribution is -2.12. The second-order valence-corrected chi connectivity index (χ2v) is 8.60. The van der Waals surface area contributed by atoms with Crippen molar-refractivity contribution in [1.29, 1.82) is 0 Å². The van der Waals surface area contributed by atoms with Gasteiger partial charge in [0.05, 0.1) is 4.08 Å². The van der Waals surface area contributed by atoms with Crippen molar-refractivity contribution in [1.82, 2.24) is 0 Å². The first-order valence-corrected chi connectivity index (χ1v) is 8.94. The zero-order valence-corrected chi connectivity index (χ0v) is 13.2. The van der Waals surface area contributed by atoms with Gasteiger partial charge < -0.3 is 0 Å². The molecule has 2 saturated carbocycles. The Kier molecular flexibility index (Phi) is 3.35. The van der Waals surface area contributed by atoms with Gasteiger partial charge >= 0.3 is 0 Å². The molecule has 0 aromatic heterocycles. The number of hydrogen-bond donors (Lipinski definition) is 0. The van der Waals surface area contributed by atoms with Gasteiger partial charge in [0.2, 0.25) is 0 Å². The highest BCUT2D eigenvalue weighted by atomic mass is 32.2. The minimum Gasteiger partial charge on any atom is -0.299 e. The molecule has 0 heterocycles. The predicted molar refractivity (Wildman–Crippen MR) is 88.6 cm³/mol. The third-order valence-corrected chi connectivity index (χ3v) is 7.60. The van der Waals surface area contributed by atoms with E-state index in [4.69, 9.17) is 0 Å². The van der Waals surface area contributed by atoms with E-state index in [-0.39, 0.29) is 10.00 Å². The van der Waals surface area contributed by atoms with Crippen LogP contribution in [0.2, 0.25) is 0 Å². The first-order valence-electron chi connectivity index (χ1n) is 7.30. The highest BCUT2D eigenvalue weighted by Crippen LogP contribution is 2.74. The largest absolute Gasteiger partial charge is 0.299 e. The van der Waals surface area contributed by atoms with Gasteiger partial charge in [0.1, 0.15) is 5.78 Å². The molecule has 2 aliphatic carbocycles. The number of Topliss-reactive ketones (excluding diaryl/α,β-unsaturated/α-hetero) is 1. The molecule has 4 rings (SSSR count). The summed E-state index contributed by atoms with van der Waals surface area (Å²) in [5.74, 6) is 1.25. The van der Waals surface area contributed by atoms with Crippen LogP contribution < -0.4 is 0 Å². The highest BCUT2D eigenvalue weighted by Gasteiger charge is 2.71. The molecule has 2 atom stereocenters. The molecule has 0 spiro atoms. The van der Waals surface area contributed by atoms with Crippen LogP contribution in [0.4, 0.5) is 0 Å². The average molecular weight is 312 g/mol. The standard InChI is InChI=1S/C18H16OS2/c19-16-12-11-15-17(16)18(15,20-13-7-3-1-4-8-13)21-14-9-5-2-6-10-14/h1-10,15,17H,11-12H2. The summed E-state index contributed by atoms with van der Waals surface area (Å²) in [5, 5.41) is 0. The molecule has 2 unspecified atom stereocenters. The normalized spacial score (nSPS) is 25.6. The number of carbonyl (C=O) groups excluding carboxylic acids is 1. The van der Waals surface area contributed by atoms with Crippen molar-refractivity contribution in [3.8, 4) is 0 Å². The van der Waals surface area contributed by atoms with Crippen LogP contribution in [0.15, 0.2) is 70.5 Å². The fourth-order valence-electron chi connectivity index (χ4n) is 3.32. The maximum atomic E-state index is 12.2. The van der Waals surface area contributed by atoms with Crippen molar-refractivity contribution in [2.45, 2.75) is 26.7 Å². The molecule has 0 radical (unpaired) electrons. The lowest BCUT2D eigenvalue weighted by Gasteiger charge is -2.19. The summed E-state index contributed by atoms with van der Waals surface area (Å²) >= 11 is 3.78. The van der Waals surface area contributed by atoms with E-state index in [2.05, 4.69) is 48.5 Å². The molecule has 0 bridgehead atoms. The van der Waals surface area contributed by atoms with Crippen LogP contribution in [0.5, 0.6) is 0 Å². The van der Waals surface area contributed by atoms with E-state index in [9.17, 15) is 4.79 Å². The van der Waals surface area contributed by atoms with E-state index in [1.165, 1.54) is 9.79 Å². The van der Waals surface area contributed by atoms with Crippen molar-refractivity contribution >= 4 is 29.3 Å². The predicted octanol–water partition coefficient (Wildman–Crippen LogP) is 4.88. The number of thioether (sulfide) groups is 2. The lowest BCUT2D eigenvalue weighted by molar-refractivity contribution is -0.119. The Bertz CT molecular complexity index is 612. The molecule has 2 fully saturated rings. The summed E-state index contributed by atoms with van der Waals surface area (Å²) in [6.45, 7) is 0. The van der Waals surface area contributed by atoms with E-state index in [0.29, 0.717) is 11.7 Å². The van der Waals surface area contributed by atoms with Crippen LogP contribution in [0, 0.1) is 11.8 Å². The molecule has 1 nitrogen and oxygen atoms in total. The van der Waals surface area contributed by atoms with Crippen LogP contribution in [0.3, 0.4) is 0 Å². The number of hydrogen-bond acceptors (Lipinski definition) is 3. The third-order valence-electron chi connectivity index (χ3n) is 4.33. The van der Waals surface area contributed by atoms with Crippen LogP contribution in [-0.2, 0) is 4.79 Å². The van der Waals surface area contributed by atoms with Gasteiger partial charge in [-0.3, -0.25) is 4.79 Å². The number of rotatable bonds is 4. The van der Waals surface area contributed by atoms with Crippen molar-refractivity contribution in [2.24, 2.45) is 11.8 Å². The fraction of sp³-hybridized carbons (Fsp3) is 0.278. The molecular formula is C18H16OS2. The monoisotopic (exact) mass is 312 g/mol. The molecule has 3 heteroatoms. The van der Waals surface area contributed by atoms with Gasteiger partial charge in [-0.15, -0.1) is 23.5 Å². The molecule has 0 N–H and O–H groups in total. The Morgan fingerprint density at radius 3 is 1.81 bits per heavy atom. The first-order chi connectivity index (χ1) is 10.3. The van der Waals surface area contributed by atoms with Crippen LogP contribution in [0.1, 0.15) is 12.8 Å². The molecule has 0 saturated heterocycles. The highest BCUT2D eigenvalue weighted by molar-refractivity contribution is 8.18. The van der Waals surface area contributed by atoms with Crippen LogP contribution in [0.25, 0.3) is 0 Å². The second kappa shape index (κ2) is 5.22. The van der Waals surface area contributed by atoms with Crippen molar-refractivity contribution < 1.29 is 4.79 Å². The van der Waals surface area contributed by atoms with Gasteiger partial charge in [0, 0.05) is 22.1 Å². The average Bonchev–Trinajstić information content (AvgIpc) is 2.91. The Balaban J connectivity index is 1.64. The Hall–Kier alpha value is -1.19. The molecule has 106 valence electrons. The van der Waals surface area contributed by atoms with Gasteiger partial charge in [-0.25, -0.2) is 0 Å². The zero-order valence-electron chi connectivity index (χ0n) is 11.6. The number of carbonyl (C=O) groups is 1. The Labute approximate surface area is 133 Å². The smallest absolute Gasteiger partial charge is 0.138 e. The van der Waals surface area contributed by atoms with Crippen LogP contribution >= 0.6 is 23.5 Å². The molecule has 0 aliphatic heterocycles. The summed E-state index contributed by atoms with van der Waals surface area (Å²) in [7, 11) is 0. The third kappa shape index (κ3) is 2.33. The Morgan fingerprint density at radius 2 is 1.38 bits per heavy atom. The SMILES string of the molecule is O=C1CCC2C1C2(Sc1ccccc1)Sc1ccccc1. The summed E-state index contributed by atoms with van der Waals surface area (Å²) in [4.78, 5) is 14.7. The topological polar surface area (TPSA) is 17.1 Å².